The smallest absolute Gasteiger partial charge is 0.0936 e. The van der Waals surface area contributed by atoms with Crippen LogP contribution in [0.4, 0.5) is 0 Å². The van der Waals surface area contributed by atoms with Gasteiger partial charge < -0.3 is 5.11 Å². The predicted molar refractivity (Wildman–Crippen MR) is 72.7 cm³/mol. The summed E-state index contributed by atoms with van der Waals surface area (Å²) in [7, 11) is 0. The Morgan fingerprint density at radius 2 is 2.06 bits per heavy atom. The molecule has 1 heteroatoms. The van der Waals surface area contributed by atoms with Crippen LogP contribution in [0.25, 0.3) is 5.57 Å². The van der Waals surface area contributed by atoms with E-state index in [1.165, 1.54) is 0 Å². The van der Waals surface area contributed by atoms with Crippen LogP contribution in [0.2, 0.25) is 0 Å². The highest BCUT2D eigenvalue weighted by Crippen LogP contribution is 2.39. The second-order valence-electron chi connectivity index (χ2n) is 5.04. The number of aliphatic hydroxyl groups is 1. The van der Waals surface area contributed by atoms with Crippen LogP contribution in [-0.4, -0.2) is 10.7 Å². The maximum atomic E-state index is 10.8. The molecule has 0 fully saturated rings. The zero-order valence-electron chi connectivity index (χ0n) is 10.4. The van der Waals surface area contributed by atoms with Crippen molar-refractivity contribution in [2.75, 3.05) is 0 Å². The molecule has 0 saturated carbocycles. The topological polar surface area (TPSA) is 20.2 Å². The number of hydrogen-bond acceptors (Lipinski definition) is 1. The Kier molecular flexibility index (Phi) is 3.49. The van der Waals surface area contributed by atoms with Crippen molar-refractivity contribution in [3.8, 4) is 0 Å². The minimum atomic E-state index is -0.717. The third-order valence-electron chi connectivity index (χ3n) is 3.32. The molecule has 0 radical (unpaired) electrons. The summed E-state index contributed by atoms with van der Waals surface area (Å²) in [6.07, 6.45) is 5.79. The van der Waals surface area contributed by atoms with Crippen molar-refractivity contribution in [3.05, 3.63) is 54.1 Å². The van der Waals surface area contributed by atoms with Crippen molar-refractivity contribution in [3.63, 3.8) is 0 Å². The molecule has 0 amide bonds. The molecule has 0 unspecified atom stereocenters. The van der Waals surface area contributed by atoms with Crippen LogP contribution in [0, 0.1) is 0 Å². The Hall–Kier alpha value is -1.34. The first-order valence-corrected chi connectivity index (χ1v) is 6.25. The van der Waals surface area contributed by atoms with Crippen LogP contribution in [0.5, 0.6) is 0 Å². The quantitative estimate of drug-likeness (QED) is 0.777. The van der Waals surface area contributed by atoms with E-state index in [-0.39, 0.29) is 0 Å². The molecule has 0 saturated heterocycles. The minimum absolute atomic E-state index is 0.660. The van der Waals surface area contributed by atoms with Crippen molar-refractivity contribution < 1.29 is 5.11 Å². The van der Waals surface area contributed by atoms with Crippen molar-refractivity contribution in [2.45, 2.75) is 38.2 Å². The number of rotatable bonds is 3. The predicted octanol–water partition coefficient (Wildman–Crippen LogP) is 3.95. The van der Waals surface area contributed by atoms with Gasteiger partial charge in [-0.25, -0.2) is 0 Å². The fraction of sp³-hybridized carbons (Fsp3) is 0.375. The van der Waals surface area contributed by atoms with Gasteiger partial charge in [0.1, 0.15) is 0 Å². The first kappa shape index (κ1) is 12.1. The first-order valence-electron chi connectivity index (χ1n) is 6.25. The highest BCUT2D eigenvalue weighted by Gasteiger charge is 2.33. The van der Waals surface area contributed by atoms with Gasteiger partial charge in [0.15, 0.2) is 0 Å². The largest absolute Gasteiger partial charge is 0.385 e. The molecule has 0 spiro atoms. The van der Waals surface area contributed by atoms with E-state index in [0.29, 0.717) is 6.42 Å². The van der Waals surface area contributed by atoms with E-state index in [9.17, 15) is 5.11 Å². The lowest BCUT2D eigenvalue weighted by Crippen LogP contribution is -2.32. The summed E-state index contributed by atoms with van der Waals surface area (Å²) < 4.78 is 0. The summed E-state index contributed by atoms with van der Waals surface area (Å²) in [6, 6.07) is 10.2. The van der Waals surface area contributed by atoms with Crippen molar-refractivity contribution in [1.82, 2.24) is 0 Å². The minimum Gasteiger partial charge on any atom is -0.385 e. The molecular weight excluding hydrogens is 208 g/mol. The van der Waals surface area contributed by atoms with Gasteiger partial charge in [0.25, 0.3) is 0 Å². The van der Waals surface area contributed by atoms with Crippen LogP contribution in [0.1, 0.15) is 38.2 Å². The highest BCUT2D eigenvalue weighted by atomic mass is 16.3. The molecule has 1 atom stereocenters. The van der Waals surface area contributed by atoms with Crippen LogP contribution >= 0.6 is 0 Å². The van der Waals surface area contributed by atoms with Crippen LogP contribution in [-0.2, 0) is 0 Å². The third kappa shape index (κ3) is 2.67. The van der Waals surface area contributed by atoms with Crippen LogP contribution in [0.15, 0.2) is 48.6 Å². The van der Waals surface area contributed by atoms with Gasteiger partial charge in [0.05, 0.1) is 5.60 Å². The Labute approximate surface area is 103 Å². The molecule has 1 aliphatic rings. The molecule has 1 aromatic rings. The maximum Gasteiger partial charge on any atom is 0.0936 e. The SMILES string of the molecule is C=C(C)C[C@]1(O)CCCC=C1c1ccccc1. The van der Waals surface area contributed by atoms with E-state index in [4.69, 9.17) is 0 Å². The van der Waals surface area contributed by atoms with E-state index in [2.05, 4.69) is 24.8 Å². The second-order valence-corrected chi connectivity index (χ2v) is 5.04. The van der Waals surface area contributed by atoms with Crippen molar-refractivity contribution in [2.24, 2.45) is 0 Å². The standard InChI is InChI=1S/C16H20O/c1-13(2)12-16(17)11-7-6-10-15(16)14-8-4-3-5-9-14/h3-5,8-10,17H,1,6-7,11-12H2,2H3/t16-/m1/s1. The summed E-state index contributed by atoms with van der Waals surface area (Å²) in [4.78, 5) is 0. The van der Waals surface area contributed by atoms with Gasteiger partial charge >= 0.3 is 0 Å². The second kappa shape index (κ2) is 4.89. The molecule has 0 aliphatic heterocycles. The molecule has 1 N–H and O–H groups in total. The monoisotopic (exact) mass is 228 g/mol. The Morgan fingerprint density at radius 3 is 2.71 bits per heavy atom. The molecule has 0 bridgehead atoms. The lowest BCUT2D eigenvalue weighted by Gasteiger charge is -2.34. The number of hydrogen-bond donors (Lipinski definition) is 1. The lowest BCUT2D eigenvalue weighted by atomic mass is 9.76. The molecule has 90 valence electrons. The first-order chi connectivity index (χ1) is 8.12. The zero-order chi connectivity index (χ0) is 12.3. The van der Waals surface area contributed by atoms with Crippen LogP contribution in [0.3, 0.4) is 0 Å². The summed E-state index contributed by atoms with van der Waals surface area (Å²) in [5.74, 6) is 0. The van der Waals surface area contributed by atoms with E-state index in [1.807, 2.05) is 25.1 Å². The summed E-state index contributed by atoms with van der Waals surface area (Å²) >= 11 is 0. The molecule has 0 heterocycles. The fourth-order valence-electron chi connectivity index (χ4n) is 2.65. The fourth-order valence-corrected chi connectivity index (χ4v) is 2.65. The average Bonchev–Trinajstić information content (AvgIpc) is 2.29. The molecule has 0 aromatic heterocycles. The van der Waals surface area contributed by atoms with E-state index in [0.717, 1.165) is 36.0 Å². The lowest BCUT2D eigenvalue weighted by molar-refractivity contribution is 0.0863. The molecule has 1 aromatic carbocycles. The van der Waals surface area contributed by atoms with Gasteiger partial charge in [0.2, 0.25) is 0 Å². The Balaban J connectivity index is 2.36. The Morgan fingerprint density at radius 1 is 1.35 bits per heavy atom. The van der Waals surface area contributed by atoms with Gasteiger partial charge in [-0.2, -0.15) is 0 Å². The average molecular weight is 228 g/mol. The van der Waals surface area contributed by atoms with Crippen molar-refractivity contribution >= 4 is 5.57 Å². The molecule has 1 nitrogen and oxygen atoms in total. The van der Waals surface area contributed by atoms with E-state index >= 15 is 0 Å². The van der Waals surface area contributed by atoms with Gasteiger partial charge in [-0.1, -0.05) is 42.0 Å². The highest BCUT2D eigenvalue weighted by molar-refractivity contribution is 5.73. The van der Waals surface area contributed by atoms with Gasteiger partial charge in [-0.05, 0) is 37.3 Å². The molecule has 1 aliphatic carbocycles. The third-order valence-corrected chi connectivity index (χ3v) is 3.32. The molecular formula is C16H20O. The molecule has 2 rings (SSSR count). The zero-order valence-corrected chi connectivity index (χ0v) is 10.4. The van der Waals surface area contributed by atoms with Crippen molar-refractivity contribution in [1.29, 1.82) is 0 Å². The molecule has 17 heavy (non-hydrogen) atoms. The van der Waals surface area contributed by atoms with Gasteiger partial charge in [-0.15, -0.1) is 6.58 Å². The van der Waals surface area contributed by atoms with E-state index in [1.54, 1.807) is 0 Å². The summed E-state index contributed by atoms with van der Waals surface area (Å²) in [5.41, 5.74) is 2.53. The number of benzene rings is 1. The summed E-state index contributed by atoms with van der Waals surface area (Å²) in [5, 5.41) is 10.8. The van der Waals surface area contributed by atoms with Crippen LogP contribution < -0.4 is 0 Å². The van der Waals surface area contributed by atoms with Gasteiger partial charge in [-0.3, -0.25) is 0 Å². The summed E-state index contributed by atoms with van der Waals surface area (Å²) in [6.45, 7) is 5.92. The maximum absolute atomic E-state index is 10.8. The Bertz CT molecular complexity index is 430. The van der Waals surface area contributed by atoms with E-state index < -0.39 is 5.60 Å². The normalized spacial score (nSPS) is 24.2. The number of allylic oxidation sites excluding steroid dienone is 1. The van der Waals surface area contributed by atoms with Gasteiger partial charge in [0, 0.05) is 6.42 Å².